The average Bonchev–Trinajstić information content (AvgIpc) is 2.31. The van der Waals surface area contributed by atoms with Crippen molar-refractivity contribution in [3.05, 3.63) is 22.2 Å². The Morgan fingerprint density at radius 1 is 1.50 bits per heavy atom. The molecule has 1 rings (SSSR count). The van der Waals surface area contributed by atoms with Crippen LogP contribution in [0, 0.1) is 6.92 Å². The molecule has 0 aromatic heterocycles. The van der Waals surface area contributed by atoms with Gasteiger partial charge in [-0.2, -0.15) is 0 Å². The number of aryl methyl sites for hydroxylation is 1. The van der Waals surface area contributed by atoms with Crippen LogP contribution in [-0.2, 0) is 14.8 Å². The Morgan fingerprint density at radius 2 is 2.10 bits per heavy atom. The summed E-state index contributed by atoms with van der Waals surface area (Å²) in [6.07, 6.45) is -0.824. The summed E-state index contributed by atoms with van der Waals surface area (Å²) >= 11 is 3.20. The van der Waals surface area contributed by atoms with Gasteiger partial charge in [-0.05, 0) is 38.5 Å². The van der Waals surface area contributed by atoms with E-state index in [0.717, 1.165) is 0 Å². The van der Waals surface area contributed by atoms with Crippen LogP contribution in [0.1, 0.15) is 19.4 Å². The molecule has 0 radical (unpaired) electrons. The fraction of sp³-hybridized carbons (Fsp3) is 0.417. The molecule has 1 amide bonds. The van der Waals surface area contributed by atoms with Crippen molar-refractivity contribution in [1.82, 2.24) is 5.32 Å². The number of carbonyl (C=O) groups is 1. The van der Waals surface area contributed by atoms with Gasteiger partial charge in [-0.3, -0.25) is 4.79 Å². The van der Waals surface area contributed by atoms with Gasteiger partial charge in [0.05, 0.1) is 0 Å². The molecule has 1 atom stereocenters. The van der Waals surface area contributed by atoms with Crippen molar-refractivity contribution in [3.8, 4) is 5.75 Å². The van der Waals surface area contributed by atoms with Crippen molar-refractivity contribution >= 4 is 31.9 Å². The van der Waals surface area contributed by atoms with Gasteiger partial charge in [-0.1, -0.05) is 15.9 Å². The molecule has 6 nitrogen and oxygen atoms in total. The van der Waals surface area contributed by atoms with Gasteiger partial charge < -0.3 is 10.1 Å². The summed E-state index contributed by atoms with van der Waals surface area (Å²) < 4.78 is 29.3. The quantitative estimate of drug-likeness (QED) is 0.822. The summed E-state index contributed by atoms with van der Waals surface area (Å²) in [6, 6.07) is 3.04. The van der Waals surface area contributed by atoms with Crippen molar-refractivity contribution in [2.45, 2.75) is 31.8 Å². The Labute approximate surface area is 126 Å². The van der Waals surface area contributed by atoms with Gasteiger partial charge in [0, 0.05) is 11.0 Å². The van der Waals surface area contributed by atoms with E-state index < -0.39 is 16.1 Å². The second kappa shape index (κ2) is 6.55. The zero-order valence-corrected chi connectivity index (χ0v) is 13.8. The maximum Gasteiger partial charge on any atom is 0.260 e. The highest BCUT2D eigenvalue weighted by Crippen LogP contribution is 2.31. The van der Waals surface area contributed by atoms with Gasteiger partial charge in [-0.15, -0.1) is 0 Å². The number of hydrogen-bond acceptors (Lipinski definition) is 4. The van der Waals surface area contributed by atoms with Crippen LogP contribution in [0.3, 0.4) is 0 Å². The molecular formula is C12H17BrN2O4S. The molecule has 0 aliphatic heterocycles. The van der Waals surface area contributed by atoms with Crippen LogP contribution in [0.5, 0.6) is 5.75 Å². The number of nitrogens with one attached hydrogen (secondary N) is 1. The monoisotopic (exact) mass is 364 g/mol. The van der Waals surface area contributed by atoms with Crippen LogP contribution in [0.15, 0.2) is 21.5 Å². The molecule has 0 bridgehead atoms. The fourth-order valence-electron chi connectivity index (χ4n) is 1.61. The number of sulfonamides is 1. The van der Waals surface area contributed by atoms with Gasteiger partial charge in [-0.25, -0.2) is 13.6 Å². The first-order valence-corrected chi connectivity index (χ1v) is 8.28. The molecular weight excluding hydrogens is 348 g/mol. The zero-order chi connectivity index (χ0) is 15.5. The van der Waals surface area contributed by atoms with Crippen LogP contribution in [0.25, 0.3) is 0 Å². The van der Waals surface area contributed by atoms with Crippen molar-refractivity contribution in [2.24, 2.45) is 5.14 Å². The van der Waals surface area contributed by atoms with Gasteiger partial charge in [0.2, 0.25) is 10.0 Å². The number of primary sulfonamides is 1. The van der Waals surface area contributed by atoms with Crippen LogP contribution in [-0.4, -0.2) is 27.0 Å². The Hall–Kier alpha value is -1.12. The lowest BCUT2D eigenvalue weighted by Crippen LogP contribution is -2.36. The molecule has 0 spiro atoms. The molecule has 1 aromatic carbocycles. The standard InChI is InChI=1S/C12H17BrN2O4S/c1-4-15-12(16)8(3)19-11-7(2)5-9(13)6-10(11)20(14,17)18/h5-6,8H,4H2,1-3H3,(H,15,16)(H2,14,17,18). The summed E-state index contributed by atoms with van der Waals surface area (Å²) in [4.78, 5) is 11.5. The van der Waals surface area contributed by atoms with E-state index in [1.54, 1.807) is 26.8 Å². The van der Waals surface area contributed by atoms with Crippen LogP contribution >= 0.6 is 15.9 Å². The number of halogens is 1. The van der Waals surface area contributed by atoms with Gasteiger partial charge in [0.25, 0.3) is 5.91 Å². The minimum atomic E-state index is -3.95. The summed E-state index contributed by atoms with van der Waals surface area (Å²) in [5, 5.41) is 7.78. The lowest BCUT2D eigenvalue weighted by atomic mass is 10.2. The van der Waals surface area contributed by atoms with E-state index in [4.69, 9.17) is 9.88 Å². The molecule has 0 aliphatic rings. The highest BCUT2D eigenvalue weighted by atomic mass is 79.9. The molecule has 0 fully saturated rings. The first kappa shape index (κ1) is 16.9. The predicted octanol–water partition coefficient (Wildman–Crippen LogP) is 1.31. The van der Waals surface area contributed by atoms with Crippen molar-refractivity contribution in [2.75, 3.05) is 6.54 Å². The molecule has 20 heavy (non-hydrogen) atoms. The molecule has 8 heteroatoms. The van der Waals surface area contributed by atoms with E-state index in [0.29, 0.717) is 16.6 Å². The van der Waals surface area contributed by atoms with Crippen LogP contribution in [0.4, 0.5) is 0 Å². The molecule has 1 unspecified atom stereocenters. The van der Waals surface area contributed by atoms with E-state index in [-0.39, 0.29) is 16.6 Å². The number of hydrogen-bond donors (Lipinski definition) is 2. The zero-order valence-electron chi connectivity index (χ0n) is 11.4. The number of carbonyl (C=O) groups excluding carboxylic acids is 1. The molecule has 3 N–H and O–H groups in total. The third kappa shape index (κ3) is 4.19. The number of ether oxygens (including phenoxy) is 1. The summed E-state index contributed by atoms with van der Waals surface area (Å²) in [5.41, 5.74) is 0.569. The third-order valence-corrected chi connectivity index (χ3v) is 3.90. The largest absolute Gasteiger partial charge is 0.479 e. The van der Waals surface area contributed by atoms with E-state index >= 15 is 0 Å². The first-order chi connectivity index (χ1) is 9.16. The topological polar surface area (TPSA) is 98.5 Å². The molecule has 0 heterocycles. The average molecular weight is 365 g/mol. The highest BCUT2D eigenvalue weighted by molar-refractivity contribution is 9.10. The number of amides is 1. The molecule has 0 saturated carbocycles. The first-order valence-electron chi connectivity index (χ1n) is 5.94. The Balaban J connectivity index is 3.21. The second-order valence-corrected chi connectivity index (χ2v) is 6.70. The SMILES string of the molecule is CCNC(=O)C(C)Oc1c(C)cc(Br)cc1S(N)(=O)=O. The van der Waals surface area contributed by atoms with Gasteiger partial charge >= 0.3 is 0 Å². The molecule has 0 saturated heterocycles. The maximum atomic E-state index is 11.7. The summed E-state index contributed by atoms with van der Waals surface area (Å²) in [6.45, 7) is 5.47. The third-order valence-electron chi connectivity index (χ3n) is 2.53. The Morgan fingerprint density at radius 3 is 2.60 bits per heavy atom. The van der Waals surface area contributed by atoms with E-state index in [2.05, 4.69) is 21.2 Å². The van der Waals surface area contributed by atoms with E-state index in [9.17, 15) is 13.2 Å². The maximum absolute atomic E-state index is 11.7. The van der Waals surface area contributed by atoms with E-state index in [1.165, 1.54) is 6.07 Å². The predicted molar refractivity (Wildman–Crippen MR) is 79.0 cm³/mol. The number of benzene rings is 1. The summed E-state index contributed by atoms with van der Waals surface area (Å²) in [7, 11) is -3.95. The smallest absolute Gasteiger partial charge is 0.260 e. The second-order valence-electron chi connectivity index (χ2n) is 4.25. The van der Waals surface area contributed by atoms with Gasteiger partial charge in [0.1, 0.15) is 10.6 Å². The number of rotatable bonds is 5. The normalized spacial score (nSPS) is 12.8. The van der Waals surface area contributed by atoms with Crippen LogP contribution < -0.4 is 15.2 Å². The lowest BCUT2D eigenvalue weighted by Gasteiger charge is -2.18. The summed E-state index contributed by atoms with van der Waals surface area (Å²) in [5.74, 6) is -0.232. The van der Waals surface area contributed by atoms with Crippen molar-refractivity contribution in [1.29, 1.82) is 0 Å². The molecule has 0 aliphatic carbocycles. The lowest BCUT2D eigenvalue weighted by molar-refractivity contribution is -0.127. The Kier molecular flexibility index (Phi) is 5.55. The van der Waals surface area contributed by atoms with Crippen LogP contribution in [0.2, 0.25) is 0 Å². The van der Waals surface area contributed by atoms with Crippen molar-refractivity contribution < 1.29 is 17.9 Å². The fourth-order valence-corrected chi connectivity index (χ4v) is 3.09. The molecule has 1 aromatic rings. The Bertz CT molecular complexity index is 616. The minimum Gasteiger partial charge on any atom is -0.479 e. The van der Waals surface area contributed by atoms with Crippen molar-refractivity contribution in [3.63, 3.8) is 0 Å². The highest BCUT2D eigenvalue weighted by Gasteiger charge is 2.22. The number of likely N-dealkylation sites (N-methyl/N-ethyl adjacent to an activating group) is 1. The molecule has 112 valence electrons. The van der Waals surface area contributed by atoms with Gasteiger partial charge in [0.15, 0.2) is 6.10 Å². The number of nitrogens with two attached hydrogens (primary N) is 1. The minimum absolute atomic E-state index is 0.0921. The van der Waals surface area contributed by atoms with E-state index in [1.807, 2.05) is 0 Å².